The number of rotatable bonds is 7. The summed E-state index contributed by atoms with van der Waals surface area (Å²) in [6, 6.07) is 24.0. The molecule has 2 aromatic carbocycles. The van der Waals surface area contributed by atoms with Crippen LogP contribution in [0.3, 0.4) is 0 Å². The minimum Gasteiger partial charge on any atom is -0.381 e. The van der Waals surface area contributed by atoms with Crippen LogP contribution in [0.15, 0.2) is 72.9 Å². The predicted molar refractivity (Wildman–Crippen MR) is 153 cm³/mol. The maximum absolute atomic E-state index is 5.51. The number of nitrogens with zero attached hydrogens (tertiary/aromatic N) is 6. The van der Waals surface area contributed by atoms with Gasteiger partial charge in [-0.25, -0.2) is 4.98 Å². The highest BCUT2D eigenvalue weighted by Crippen LogP contribution is 2.28. The molecule has 7 nitrogen and oxygen atoms in total. The first-order valence-electron chi connectivity index (χ1n) is 13.8. The molecule has 2 fully saturated rings. The third-order valence-electron chi connectivity index (χ3n) is 7.92. The molecule has 0 unspecified atom stereocenters. The van der Waals surface area contributed by atoms with Crippen LogP contribution < -0.4 is 9.80 Å². The fourth-order valence-corrected chi connectivity index (χ4v) is 5.69. The average Bonchev–Trinajstić information content (AvgIpc) is 2.99. The predicted octanol–water partition coefficient (Wildman–Crippen LogP) is 4.55. The third kappa shape index (κ3) is 5.49. The van der Waals surface area contributed by atoms with Gasteiger partial charge in [0.05, 0.1) is 5.69 Å². The van der Waals surface area contributed by atoms with Gasteiger partial charge in [-0.2, -0.15) is 5.10 Å². The van der Waals surface area contributed by atoms with Gasteiger partial charge in [-0.15, -0.1) is 5.10 Å². The summed E-state index contributed by atoms with van der Waals surface area (Å²) in [5.41, 5.74) is 3.54. The number of hydrogen-bond donors (Lipinski definition) is 0. The zero-order chi connectivity index (χ0) is 25.7. The molecular formula is C31H36N6O. The van der Waals surface area contributed by atoms with Gasteiger partial charge in [0.2, 0.25) is 0 Å². The van der Waals surface area contributed by atoms with E-state index in [0.29, 0.717) is 6.04 Å². The topological polar surface area (TPSA) is 57.6 Å². The van der Waals surface area contributed by atoms with Crippen molar-refractivity contribution in [2.45, 2.75) is 31.8 Å². The quantitative estimate of drug-likeness (QED) is 0.363. The monoisotopic (exact) mass is 508 g/mol. The summed E-state index contributed by atoms with van der Waals surface area (Å²) in [6.07, 6.45) is 5.06. The lowest BCUT2D eigenvalue weighted by Crippen LogP contribution is -2.47. The number of anilines is 2. The normalized spacial score (nSPS) is 16.9. The first-order valence-corrected chi connectivity index (χ1v) is 13.8. The number of pyridine rings is 1. The van der Waals surface area contributed by atoms with E-state index in [1.54, 1.807) is 0 Å². The molecule has 0 spiro atoms. The summed E-state index contributed by atoms with van der Waals surface area (Å²) in [7, 11) is 2.21. The smallest absolute Gasteiger partial charge is 0.159 e. The molecule has 0 radical (unpaired) electrons. The Morgan fingerprint density at radius 2 is 1.50 bits per heavy atom. The molecule has 0 atom stereocenters. The zero-order valence-electron chi connectivity index (χ0n) is 22.2. The van der Waals surface area contributed by atoms with Gasteiger partial charge in [0.25, 0.3) is 0 Å². The van der Waals surface area contributed by atoms with Gasteiger partial charge in [0.15, 0.2) is 5.82 Å². The van der Waals surface area contributed by atoms with E-state index in [0.717, 1.165) is 82.5 Å². The summed E-state index contributed by atoms with van der Waals surface area (Å²) >= 11 is 0. The maximum atomic E-state index is 5.51. The number of piperazine rings is 1. The van der Waals surface area contributed by atoms with Crippen LogP contribution in [0.5, 0.6) is 0 Å². The Hall–Kier alpha value is -3.55. The Morgan fingerprint density at radius 3 is 2.24 bits per heavy atom. The van der Waals surface area contributed by atoms with Crippen molar-refractivity contribution in [2.75, 3.05) is 56.2 Å². The third-order valence-corrected chi connectivity index (χ3v) is 7.92. The van der Waals surface area contributed by atoms with E-state index >= 15 is 0 Å². The molecule has 0 amide bonds. The maximum Gasteiger partial charge on any atom is 0.159 e. The fourth-order valence-electron chi connectivity index (χ4n) is 5.69. The van der Waals surface area contributed by atoms with E-state index in [1.807, 2.05) is 12.3 Å². The molecule has 4 aromatic rings. The Labute approximate surface area is 225 Å². The van der Waals surface area contributed by atoms with Crippen LogP contribution in [0.25, 0.3) is 10.8 Å². The second-order valence-electron chi connectivity index (χ2n) is 10.4. The minimum absolute atomic E-state index is 0.600. The minimum atomic E-state index is 0.600. The molecule has 4 heterocycles. The highest BCUT2D eigenvalue weighted by molar-refractivity contribution is 5.93. The summed E-state index contributed by atoms with van der Waals surface area (Å²) in [4.78, 5) is 12.0. The van der Waals surface area contributed by atoms with Crippen LogP contribution in [0.2, 0.25) is 0 Å². The number of aromatic nitrogens is 3. The molecule has 2 aliphatic rings. The van der Waals surface area contributed by atoms with Crippen molar-refractivity contribution in [3.05, 3.63) is 89.7 Å². The lowest BCUT2D eigenvalue weighted by atomic mass is 10.0. The van der Waals surface area contributed by atoms with Gasteiger partial charge in [0, 0.05) is 75.4 Å². The van der Waals surface area contributed by atoms with E-state index in [9.17, 15) is 0 Å². The molecular weight excluding hydrogens is 472 g/mol. The van der Waals surface area contributed by atoms with Crippen LogP contribution in [0, 0.1) is 0 Å². The van der Waals surface area contributed by atoms with Crippen LogP contribution in [0.1, 0.15) is 29.7 Å². The highest BCUT2D eigenvalue weighted by atomic mass is 16.5. The number of fused-ring (bicyclic) bond motifs is 1. The molecule has 0 N–H and O–H groups in total. The summed E-state index contributed by atoms with van der Waals surface area (Å²) in [5, 5.41) is 11.8. The van der Waals surface area contributed by atoms with Crippen molar-refractivity contribution >= 4 is 22.4 Å². The van der Waals surface area contributed by atoms with Crippen LogP contribution in [0.4, 0.5) is 11.6 Å². The molecule has 7 heteroatoms. The first-order chi connectivity index (χ1) is 18.7. The number of hydrogen-bond acceptors (Lipinski definition) is 7. The lowest BCUT2D eigenvalue weighted by Gasteiger charge is -2.36. The van der Waals surface area contributed by atoms with Crippen LogP contribution in [-0.4, -0.2) is 72.6 Å². The van der Waals surface area contributed by atoms with Crippen molar-refractivity contribution < 1.29 is 4.74 Å². The van der Waals surface area contributed by atoms with Gasteiger partial charge >= 0.3 is 0 Å². The molecule has 2 aromatic heterocycles. The molecule has 2 saturated heterocycles. The summed E-state index contributed by atoms with van der Waals surface area (Å²) < 4.78 is 5.51. The molecule has 2 aliphatic heterocycles. The van der Waals surface area contributed by atoms with Crippen molar-refractivity contribution in [1.82, 2.24) is 20.1 Å². The number of ether oxygens (including phenoxy) is 1. The van der Waals surface area contributed by atoms with Gasteiger partial charge in [-0.1, -0.05) is 60.7 Å². The Balaban J connectivity index is 1.10. The Bertz CT molecular complexity index is 1330. The molecule has 0 saturated carbocycles. The second kappa shape index (κ2) is 11.5. The second-order valence-corrected chi connectivity index (χ2v) is 10.4. The standard InChI is InChI=1S/C31H36N6O/c1-35(26-13-19-38-20-14-26)23-25-11-12-30(32-22-25)36-15-17-37(18-16-36)31-28-10-6-5-9-27(28)29(33-34-31)21-24-7-3-2-4-8-24/h2-12,22,26H,13-21,23H2,1H3. The van der Waals surface area contributed by atoms with E-state index in [-0.39, 0.29) is 0 Å². The molecule has 38 heavy (non-hydrogen) atoms. The van der Waals surface area contributed by atoms with Crippen molar-refractivity contribution in [2.24, 2.45) is 0 Å². The zero-order valence-corrected chi connectivity index (χ0v) is 22.2. The number of benzene rings is 2. The SMILES string of the molecule is CN(Cc1ccc(N2CCN(c3nnc(Cc4ccccc4)c4ccccc34)CC2)nc1)C1CCOCC1. The van der Waals surface area contributed by atoms with Gasteiger partial charge < -0.3 is 14.5 Å². The summed E-state index contributed by atoms with van der Waals surface area (Å²) in [6.45, 7) is 6.29. The average molecular weight is 509 g/mol. The summed E-state index contributed by atoms with van der Waals surface area (Å²) in [5.74, 6) is 2.03. The molecule has 0 bridgehead atoms. The first kappa shape index (κ1) is 24.8. The van der Waals surface area contributed by atoms with Crippen molar-refractivity contribution in [3.63, 3.8) is 0 Å². The largest absolute Gasteiger partial charge is 0.381 e. The van der Waals surface area contributed by atoms with E-state index in [2.05, 4.69) is 82.4 Å². The molecule has 196 valence electrons. The molecule has 6 rings (SSSR count). The fraction of sp³-hybridized carbons (Fsp3) is 0.387. The van der Waals surface area contributed by atoms with Crippen molar-refractivity contribution in [3.8, 4) is 0 Å². The van der Waals surface area contributed by atoms with Gasteiger partial charge in [-0.3, -0.25) is 4.90 Å². The van der Waals surface area contributed by atoms with E-state index in [1.165, 1.54) is 21.9 Å². The van der Waals surface area contributed by atoms with Gasteiger partial charge in [-0.05, 0) is 37.1 Å². The highest BCUT2D eigenvalue weighted by Gasteiger charge is 2.23. The molecule has 0 aliphatic carbocycles. The Kier molecular flexibility index (Phi) is 7.47. The van der Waals surface area contributed by atoms with Crippen molar-refractivity contribution in [1.29, 1.82) is 0 Å². The lowest BCUT2D eigenvalue weighted by molar-refractivity contribution is 0.0406. The van der Waals surface area contributed by atoms with E-state index < -0.39 is 0 Å². The van der Waals surface area contributed by atoms with Crippen LogP contribution >= 0.6 is 0 Å². The van der Waals surface area contributed by atoms with Gasteiger partial charge in [0.1, 0.15) is 5.82 Å². The van der Waals surface area contributed by atoms with E-state index in [4.69, 9.17) is 19.9 Å². The van der Waals surface area contributed by atoms with Crippen LogP contribution in [-0.2, 0) is 17.7 Å². The Morgan fingerprint density at radius 1 is 0.789 bits per heavy atom.